The first kappa shape index (κ1) is 18.3. The van der Waals surface area contributed by atoms with Crippen molar-refractivity contribution in [3.05, 3.63) is 83.3 Å². The van der Waals surface area contributed by atoms with Crippen molar-refractivity contribution in [1.29, 1.82) is 0 Å². The van der Waals surface area contributed by atoms with E-state index in [0.29, 0.717) is 23.8 Å². The van der Waals surface area contributed by atoms with Crippen molar-refractivity contribution < 1.29 is 4.79 Å². The number of nitrogens with zero attached hydrogens (tertiary/aromatic N) is 4. The van der Waals surface area contributed by atoms with Crippen LogP contribution in [0.2, 0.25) is 5.02 Å². The van der Waals surface area contributed by atoms with Gasteiger partial charge in [0.05, 0.1) is 12.7 Å². The highest BCUT2D eigenvalue weighted by molar-refractivity contribution is 6.30. The van der Waals surface area contributed by atoms with Gasteiger partial charge in [-0.05, 0) is 42.1 Å². The summed E-state index contributed by atoms with van der Waals surface area (Å²) in [4.78, 5) is 12.5. The first-order valence-electron chi connectivity index (χ1n) is 9.08. The number of carbonyl (C=O) groups is 1. The number of para-hydroxylation sites is 1. The third-order valence-electron chi connectivity index (χ3n) is 4.53. The number of aromatic nitrogens is 4. The molecule has 0 saturated carbocycles. The van der Waals surface area contributed by atoms with Gasteiger partial charge in [-0.15, -0.1) is 5.10 Å². The van der Waals surface area contributed by atoms with Crippen LogP contribution in [0.15, 0.2) is 67.0 Å². The van der Waals surface area contributed by atoms with Crippen LogP contribution in [0.4, 0.5) is 0 Å². The SMILES string of the molecule is C[C@H](Cn1ccc2ccccc21)NC(=O)c1cn(Cc2cccc(Cl)c2)nn1. The summed E-state index contributed by atoms with van der Waals surface area (Å²) in [6.07, 6.45) is 3.68. The lowest BCUT2D eigenvalue weighted by Gasteiger charge is -2.14. The number of rotatable bonds is 6. The molecular formula is C21H20ClN5O. The van der Waals surface area contributed by atoms with Crippen LogP contribution in [0, 0.1) is 0 Å². The minimum absolute atomic E-state index is 0.0543. The number of carbonyl (C=O) groups excluding carboxylic acids is 1. The molecule has 0 aliphatic rings. The molecule has 142 valence electrons. The predicted octanol–water partition coefficient (Wildman–Crippen LogP) is 3.75. The maximum Gasteiger partial charge on any atom is 0.273 e. The van der Waals surface area contributed by atoms with Gasteiger partial charge in [0.2, 0.25) is 0 Å². The van der Waals surface area contributed by atoms with E-state index in [9.17, 15) is 4.79 Å². The Morgan fingerprint density at radius 1 is 1.18 bits per heavy atom. The van der Waals surface area contributed by atoms with Gasteiger partial charge in [0, 0.05) is 29.3 Å². The van der Waals surface area contributed by atoms with Crippen LogP contribution in [-0.2, 0) is 13.1 Å². The van der Waals surface area contributed by atoms with Gasteiger partial charge in [-0.3, -0.25) is 4.79 Å². The summed E-state index contributed by atoms with van der Waals surface area (Å²) in [6.45, 7) is 3.16. The second-order valence-corrected chi connectivity index (χ2v) is 7.27. The van der Waals surface area contributed by atoms with E-state index in [4.69, 9.17) is 11.6 Å². The van der Waals surface area contributed by atoms with E-state index in [1.165, 1.54) is 5.39 Å². The molecule has 4 rings (SSSR count). The third-order valence-corrected chi connectivity index (χ3v) is 4.77. The third kappa shape index (κ3) is 4.07. The molecule has 7 heteroatoms. The van der Waals surface area contributed by atoms with Crippen LogP contribution in [0.1, 0.15) is 23.0 Å². The van der Waals surface area contributed by atoms with E-state index < -0.39 is 0 Å². The molecule has 0 fully saturated rings. The van der Waals surface area contributed by atoms with Gasteiger partial charge in [-0.25, -0.2) is 4.68 Å². The van der Waals surface area contributed by atoms with Gasteiger partial charge < -0.3 is 9.88 Å². The average Bonchev–Trinajstić information content (AvgIpc) is 3.29. The Bertz CT molecular complexity index is 1120. The molecule has 0 radical (unpaired) electrons. The smallest absolute Gasteiger partial charge is 0.273 e. The molecule has 0 bridgehead atoms. The van der Waals surface area contributed by atoms with E-state index in [1.807, 2.05) is 49.5 Å². The zero-order chi connectivity index (χ0) is 19.5. The number of benzene rings is 2. The number of hydrogen-bond donors (Lipinski definition) is 1. The molecule has 0 saturated heterocycles. The standard InChI is InChI=1S/C21H20ClN5O/c1-15(12-26-10-9-17-6-2-3-8-20(17)26)23-21(28)19-14-27(25-24-19)13-16-5-4-7-18(22)11-16/h2-11,14-15H,12-13H2,1H3,(H,23,28)/t15-/m1/s1. The fourth-order valence-electron chi connectivity index (χ4n) is 3.24. The van der Waals surface area contributed by atoms with E-state index in [0.717, 1.165) is 11.1 Å². The molecular weight excluding hydrogens is 374 g/mol. The second-order valence-electron chi connectivity index (χ2n) is 6.83. The maximum absolute atomic E-state index is 12.5. The van der Waals surface area contributed by atoms with Gasteiger partial charge >= 0.3 is 0 Å². The highest BCUT2D eigenvalue weighted by atomic mass is 35.5. The van der Waals surface area contributed by atoms with E-state index in [1.54, 1.807) is 10.9 Å². The Kier molecular flexibility index (Phi) is 5.12. The Hall–Kier alpha value is -3.12. The summed E-state index contributed by atoms with van der Waals surface area (Å²) in [7, 11) is 0. The maximum atomic E-state index is 12.5. The molecule has 0 spiro atoms. The zero-order valence-electron chi connectivity index (χ0n) is 15.4. The molecule has 1 atom stereocenters. The van der Waals surface area contributed by atoms with E-state index in [-0.39, 0.29) is 11.9 Å². The van der Waals surface area contributed by atoms with Crippen LogP contribution in [0.5, 0.6) is 0 Å². The molecule has 28 heavy (non-hydrogen) atoms. The summed E-state index contributed by atoms with van der Waals surface area (Å²) in [5.41, 5.74) is 2.44. The van der Waals surface area contributed by atoms with Crippen molar-refractivity contribution in [2.45, 2.75) is 26.1 Å². The Labute approximate surface area is 167 Å². The predicted molar refractivity (Wildman–Crippen MR) is 109 cm³/mol. The van der Waals surface area contributed by atoms with Crippen molar-refractivity contribution in [2.24, 2.45) is 0 Å². The molecule has 2 heterocycles. The van der Waals surface area contributed by atoms with Crippen molar-refractivity contribution in [1.82, 2.24) is 24.9 Å². The molecule has 2 aromatic carbocycles. The van der Waals surface area contributed by atoms with Crippen LogP contribution < -0.4 is 5.32 Å². The van der Waals surface area contributed by atoms with Crippen LogP contribution in [-0.4, -0.2) is 31.5 Å². The summed E-state index contributed by atoms with van der Waals surface area (Å²) in [6, 6.07) is 17.7. The topological polar surface area (TPSA) is 64.7 Å². The number of fused-ring (bicyclic) bond motifs is 1. The van der Waals surface area contributed by atoms with Crippen LogP contribution >= 0.6 is 11.6 Å². The molecule has 1 N–H and O–H groups in total. The first-order chi connectivity index (χ1) is 13.6. The van der Waals surface area contributed by atoms with Crippen molar-refractivity contribution in [2.75, 3.05) is 0 Å². The molecule has 0 aliphatic carbocycles. The number of halogens is 1. The molecule has 0 aliphatic heterocycles. The Morgan fingerprint density at radius 3 is 2.89 bits per heavy atom. The summed E-state index contributed by atoms with van der Waals surface area (Å²) >= 11 is 6.01. The molecule has 2 aromatic heterocycles. The van der Waals surface area contributed by atoms with Crippen LogP contribution in [0.25, 0.3) is 10.9 Å². The Balaban J connectivity index is 1.39. The van der Waals surface area contributed by atoms with Crippen molar-refractivity contribution in [3.8, 4) is 0 Å². The largest absolute Gasteiger partial charge is 0.346 e. The minimum atomic E-state index is -0.235. The first-order valence-corrected chi connectivity index (χ1v) is 9.45. The minimum Gasteiger partial charge on any atom is -0.346 e. The highest BCUT2D eigenvalue weighted by Gasteiger charge is 2.15. The summed E-state index contributed by atoms with van der Waals surface area (Å²) in [5.74, 6) is -0.235. The lowest BCUT2D eigenvalue weighted by atomic mass is 10.2. The number of amides is 1. The molecule has 4 aromatic rings. The lowest BCUT2D eigenvalue weighted by molar-refractivity contribution is 0.0932. The summed E-state index contributed by atoms with van der Waals surface area (Å²) < 4.78 is 3.76. The average molecular weight is 394 g/mol. The van der Waals surface area contributed by atoms with E-state index in [2.05, 4.69) is 38.4 Å². The van der Waals surface area contributed by atoms with Gasteiger partial charge in [0.1, 0.15) is 0 Å². The normalized spacial score (nSPS) is 12.2. The Morgan fingerprint density at radius 2 is 2.04 bits per heavy atom. The number of hydrogen-bond acceptors (Lipinski definition) is 3. The van der Waals surface area contributed by atoms with Gasteiger partial charge in [0.15, 0.2) is 5.69 Å². The lowest BCUT2D eigenvalue weighted by Crippen LogP contribution is -2.35. The van der Waals surface area contributed by atoms with E-state index >= 15 is 0 Å². The zero-order valence-corrected chi connectivity index (χ0v) is 16.2. The van der Waals surface area contributed by atoms with Gasteiger partial charge in [0.25, 0.3) is 5.91 Å². The monoisotopic (exact) mass is 393 g/mol. The number of nitrogens with one attached hydrogen (secondary N) is 1. The fourth-order valence-corrected chi connectivity index (χ4v) is 3.45. The highest BCUT2D eigenvalue weighted by Crippen LogP contribution is 2.15. The second kappa shape index (κ2) is 7.86. The van der Waals surface area contributed by atoms with Gasteiger partial charge in [-0.1, -0.05) is 47.1 Å². The fraction of sp³-hybridized carbons (Fsp3) is 0.190. The molecule has 1 amide bonds. The van der Waals surface area contributed by atoms with Gasteiger partial charge in [-0.2, -0.15) is 0 Å². The van der Waals surface area contributed by atoms with Crippen molar-refractivity contribution >= 4 is 28.4 Å². The molecule has 0 unspecified atom stereocenters. The molecule has 6 nitrogen and oxygen atoms in total. The summed E-state index contributed by atoms with van der Waals surface area (Å²) in [5, 5.41) is 12.9. The van der Waals surface area contributed by atoms with Crippen molar-refractivity contribution in [3.63, 3.8) is 0 Å². The van der Waals surface area contributed by atoms with Crippen LogP contribution in [0.3, 0.4) is 0 Å². The quantitative estimate of drug-likeness (QED) is 0.542.